The number of amides is 2. The number of carbonyl (C=O) groups excluding carboxylic acids is 1. The lowest BCUT2D eigenvalue weighted by Crippen LogP contribution is -2.35. The van der Waals surface area contributed by atoms with Crippen LogP contribution in [0.4, 0.5) is 10.6 Å². The van der Waals surface area contributed by atoms with Crippen LogP contribution in [0, 0.1) is 18.3 Å². The number of aromatic nitrogens is 3. The molecule has 0 aliphatic heterocycles. The first-order valence-electron chi connectivity index (χ1n) is 8.49. The van der Waals surface area contributed by atoms with Crippen LogP contribution in [0.2, 0.25) is 0 Å². The van der Waals surface area contributed by atoms with Gasteiger partial charge in [-0.1, -0.05) is 18.2 Å². The molecular formula is C19H20N6O. The van der Waals surface area contributed by atoms with E-state index in [1.54, 1.807) is 4.90 Å². The van der Waals surface area contributed by atoms with Gasteiger partial charge in [-0.15, -0.1) is 0 Å². The first kappa shape index (κ1) is 17.4. The van der Waals surface area contributed by atoms with E-state index in [1.165, 1.54) is 10.9 Å². The third-order valence-corrected chi connectivity index (χ3v) is 4.29. The van der Waals surface area contributed by atoms with E-state index in [9.17, 15) is 10.1 Å². The van der Waals surface area contributed by atoms with Gasteiger partial charge in [-0.2, -0.15) is 15.0 Å². The van der Waals surface area contributed by atoms with Crippen LogP contribution in [0.25, 0.3) is 16.7 Å². The topological polar surface area (TPSA) is 86.8 Å². The average Bonchev–Trinajstić information content (AvgIpc) is 3.05. The van der Waals surface area contributed by atoms with Crippen LogP contribution in [0.1, 0.15) is 25.0 Å². The van der Waals surface area contributed by atoms with E-state index in [0.717, 1.165) is 16.5 Å². The Balaban J connectivity index is 2.08. The van der Waals surface area contributed by atoms with Gasteiger partial charge in [0, 0.05) is 18.5 Å². The Morgan fingerprint density at radius 3 is 2.73 bits per heavy atom. The van der Waals surface area contributed by atoms with Crippen molar-refractivity contribution < 1.29 is 4.79 Å². The summed E-state index contributed by atoms with van der Waals surface area (Å²) < 4.78 is 1.50. The van der Waals surface area contributed by atoms with Gasteiger partial charge in [0.05, 0.1) is 11.7 Å². The molecule has 0 bridgehead atoms. The lowest BCUT2D eigenvalue weighted by Gasteiger charge is -2.19. The number of hydrogen-bond donors (Lipinski definition) is 1. The van der Waals surface area contributed by atoms with Gasteiger partial charge >= 0.3 is 6.03 Å². The third kappa shape index (κ3) is 3.09. The molecule has 3 aromatic rings. The molecule has 7 heteroatoms. The predicted octanol–water partition coefficient (Wildman–Crippen LogP) is 3.47. The van der Waals surface area contributed by atoms with E-state index < -0.39 is 0 Å². The summed E-state index contributed by atoms with van der Waals surface area (Å²) in [4.78, 5) is 18.7. The van der Waals surface area contributed by atoms with Crippen molar-refractivity contribution in [1.82, 2.24) is 19.7 Å². The average molecular weight is 348 g/mol. The van der Waals surface area contributed by atoms with E-state index in [-0.39, 0.29) is 11.6 Å². The fraction of sp³-hybridized carbons (Fsp3) is 0.263. The van der Waals surface area contributed by atoms with Gasteiger partial charge in [0.25, 0.3) is 0 Å². The Bertz CT molecular complexity index is 997. The molecule has 0 aliphatic rings. The first-order chi connectivity index (χ1) is 12.6. The molecule has 0 spiro atoms. The number of aryl methyl sites for hydroxylation is 1. The van der Waals surface area contributed by atoms with Gasteiger partial charge in [0.1, 0.15) is 11.6 Å². The summed E-state index contributed by atoms with van der Waals surface area (Å²) >= 11 is 0. The smallest absolute Gasteiger partial charge is 0.323 e. The Morgan fingerprint density at radius 1 is 1.31 bits per heavy atom. The second kappa shape index (κ2) is 7.23. The minimum Gasteiger partial charge on any atom is -0.325 e. The normalized spacial score (nSPS) is 10.5. The summed E-state index contributed by atoms with van der Waals surface area (Å²) in [6, 6.07) is 11.5. The van der Waals surface area contributed by atoms with Gasteiger partial charge in [0.15, 0.2) is 11.6 Å². The number of benzene rings is 1. The maximum absolute atomic E-state index is 12.4. The van der Waals surface area contributed by atoms with Gasteiger partial charge in [-0.05, 0) is 38.5 Å². The molecule has 3 rings (SSSR count). The zero-order valence-electron chi connectivity index (χ0n) is 15.0. The van der Waals surface area contributed by atoms with Gasteiger partial charge in [-0.25, -0.2) is 9.78 Å². The van der Waals surface area contributed by atoms with E-state index in [1.807, 2.05) is 51.1 Å². The van der Waals surface area contributed by atoms with E-state index in [2.05, 4.69) is 21.5 Å². The number of para-hydroxylation sites is 1. The third-order valence-electron chi connectivity index (χ3n) is 4.29. The van der Waals surface area contributed by atoms with Crippen molar-refractivity contribution in [2.75, 3.05) is 18.4 Å². The van der Waals surface area contributed by atoms with Crippen LogP contribution in [-0.2, 0) is 0 Å². The number of pyridine rings is 1. The highest BCUT2D eigenvalue weighted by Gasteiger charge is 2.19. The van der Waals surface area contributed by atoms with Crippen LogP contribution >= 0.6 is 0 Å². The fourth-order valence-corrected chi connectivity index (χ4v) is 2.86. The minimum atomic E-state index is -0.272. The second-order valence-electron chi connectivity index (χ2n) is 5.85. The van der Waals surface area contributed by atoms with Gasteiger partial charge in [0.2, 0.25) is 0 Å². The number of nitriles is 1. The number of fused-ring (bicyclic) bond motifs is 1. The van der Waals surface area contributed by atoms with Crippen LogP contribution in [0.3, 0.4) is 0 Å². The highest BCUT2D eigenvalue weighted by atomic mass is 16.2. The quantitative estimate of drug-likeness (QED) is 0.782. The second-order valence-corrected chi connectivity index (χ2v) is 5.85. The molecule has 132 valence electrons. The van der Waals surface area contributed by atoms with Crippen LogP contribution in [-0.4, -0.2) is 38.8 Å². The van der Waals surface area contributed by atoms with E-state index in [0.29, 0.717) is 24.7 Å². The molecule has 2 amide bonds. The SMILES string of the molecule is CCN(CC)C(=O)Nc1c(C#N)cnn1-c1cc(C)c2ccccc2n1. The number of nitrogens with one attached hydrogen (secondary N) is 1. The first-order valence-corrected chi connectivity index (χ1v) is 8.49. The van der Waals surface area contributed by atoms with Crippen LogP contribution < -0.4 is 5.32 Å². The van der Waals surface area contributed by atoms with Crippen LogP contribution in [0.5, 0.6) is 0 Å². The predicted molar refractivity (Wildman–Crippen MR) is 100 cm³/mol. The van der Waals surface area contributed by atoms with E-state index in [4.69, 9.17) is 0 Å². The lowest BCUT2D eigenvalue weighted by molar-refractivity contribution is 0.217. The maximum Gasteiger partial charge on any atom is 0.323 e. The largest absolute Gasteiger partial charge is 0.325 e. The molecule has 0 fully saturated rings. The molecule has 1 aromatic carbocycles. The molecule has 2 aromatic heterocycles. The van der Waals surface area contributed by atoms with Gasteiger partial charge in [-0.3, -0.25) is 5.32 Å². The number of urea groups is 1. The molecule has 0 atom stereocenters. The molecule has 0 unspecified atom stereocenters. The molecule has 1 N–H and O–H groups in total. The van der Waals surface area contributed by atoms with Crippen molar-refractivity contribution >= 4 is 22.8 Å². The van der Waals surface area contributed by atoms with Crippen LogP contribution in [0.15, 0.2) is 36.5 Å². The standard InChI is InChI=1S/C19H20N6O/c1-4-24(5-2)19(26)23-18-14(11-20)12-21-25(18)17-10-13(3)15-8-6-7-9-16(15)22-17/h6-10,12H,4-5H2,1-3H3,(H,23,26). The molecule has 0 saturated carbocycles. The fourth-order valence-electron chi connectivity index (χ4n) is 2.86. The molecule has 0 saturated heterocycles. The summed E-state index contributed by atoms with van der Waals surface area (Å²) in [6.45, 7) is 6.95. The highest BCUT2D eigenvalue weighted by molar-refractivity contribution is 5.90. The minimum absolute atomic E-state index is 0.272. The summed E-state index contributed by atoms with van der Waals surface area (Å²) in [5.41, 5.74) is 2.16. The summed E-state index contributed by atoms with van der Waals surface area (Å²) in [7, 11) is 0. The zero-order valence-corrected chi connectivity index (χ0v) is 15.0. The highest BCUT2D eigenvalue weighted by Crippen LogP contribution is 2.23. The number of hydrogen-bond acceptors (Lipinski definition) is 4. The molecule has 26 heavy (non-hydrogen) atoms. The van der Waals surface area contributed by atoms with Crippen molar-refractivity contribution in [1.29, 1.82) is 5.26 Å². The molecular weight excluding hydrogens is 328 g/mol. The van der Waals surface area contributed by atoms with Crippen molar-refractivity contribution in [2.24, 2.45) is 0 Å². The zero-order chi connectivity index (χ0) is 18.7. The molecule has 0 aliphatic carbocycles. The Morgan fingerprint density at radius 2 is 2.04 bits per heavy atom. The van der Waals surface area contributed by atoms with Gasteiger partial charge < -0.3 is 4.90 Å². The monoisotopic (exact) mass is 348 g/mol. The molecule has 2 heterocycles. The van der Waals surface area contributed by atoms with Crippen molar-refractivity contribution in [3.8, 4) is 11.9 Å². The number of anilines is 1. The van der Waals surface area contributed by atoms with Crippen molar-refractivity contribution in [3.63, 3.8) is 0 Å². The molecule has 0 radical (unpaired) electrons. The molecule has 7 nitrogen and oxygen atoms in total. The number of nitrogens with zero attached hydrogens (tertiary/aromatic N) is 5. The summed E-state index contributed by atoms with van der Waals surface area (Å²) in [5.74, 6) is 0.879. The van der Waals surface area contributed by atoms with E-state index >= 15 is 0 Å². The van der Waals surface area contributed by atoms with Crippen molar-refractivity contribution in [3.05, 3.63) is 47.7 Å². The summed E-state index contributed by atoms with van der Waals surface area (Å²) in [5, 5.41) is 17.5. The number of carbonyl (C=O) groups is 1. The lowest BCUT2D eigenvalue weighted by atomic mass is 10.1. The summed E-state index contributed by atoms with van der Waals surface area (Å²) in [6.07, 6.45) is 1.43. The Hall–Kier alpha value is -3.40. The maximum atomic E-state index is 12.4. The van der Waals surface area contributed by atoms with Crippen molar-refractivity contribution in [2.45, 2.75) is 20.8 Å². The Kier molecular flexibility index (Phi) is 4.85. The Labute approximate surface area is 151 Å². The number of rotatable bonds is 4.